The van der Waals surface area contributed by atoms with E-state index >= 15 is 0 Å². The summed E-state index contributed by atoms with van der Waals surface area (Å²) in [7, 11) is 2.23. The van der Waals surface area contributed by atoms with Crippen molar-refractivity contribution in [1.82, 2.24) is 0 Å². The number of hydrogen-bond acceptors (Lipinski definition) is 3. The zero-order chi connectivity index (χ0) is 7.28. The summed E-state index contributed by atoms with van der Waals surface area (Å²) in [4.78, 5) is 0. The molecule has 0 rings (SSSR count). The van der Waals surface area contributed by atoms with E-state index in [1.165, 1.54) is 0 Å². The molecule has 9 heavy (non-hydrogen) atoms. The average molecular weight is 150 g/mol. The normalized spacial score (nSPS) is 9.89. The van der Waals surface area contributed by atoms with Crippen LogP contribution < -0.4 is 0 Å². The van der Waals surface area contributed by atoms with Crippen molar-refractivity contribution in [2.75, 3.05) is 14.2 Å². The van der Waals surface area contributed by atoms with Crippen molar-refractivity contribution in [3.8, 4) is 0 Å². The predicted molar refractivity (Wildman–Crippen MR) is 38.5 cm³/mol. The molecule has 3 nitrogen and oxygen atoms in total. The first kappa shape index (κ1) is 9.02. The first-order valence-corrected chi connectivity index (χ1v) is 3.92. The third-order valence-corrected chi connectivity index (χ3v) is 1.91. The van der Waals surface area contributed by atoms with Crippen molar-refractivity contribution in [3.63, 3.8) is 0 Å². The molecule has 0 saturated heterocycles. The zero-order valence-electron chi connectivity index (χ0n) is 6.29. The van der Waals surface area contributed by atoms with Gasteiger partial charge >= 0.3 is 8.17 Å². The van der Waals surface area contributed by atoms with Crippen LogP contribution in [0.4, 0.5) is 0 Å². The minimum atomic E-state index is -0.971. The second-order valence-corrected chi connectivity index (χ2v) is 3.25. The van der Waals surface area contributed by atoms with Gasteiger partial charge in [-0.2, -0.15) is 0 Å². The van der Waals surface area contributed by atoms with Gasteiger partial charge < -0.3 is 0 Å². The van der Waals surface area contributed by atoms with Crippen molar-refractivity contribution in [3.05, 3.63) is 0 Å². The summed E-state index contributed by atoms with van der Waals surface area (Å²) in [6, 6.07) is 0.288. The summed E-state index contributed by atoms with van der Waals surface area (Å²) in [5.41, 5.74) is 0. The van der Waals surface area contributed by atoms with E-state index in [1.54, 1.807) is 14.2 Å². The number of nitrogens with zero attached hydrogens (tertiary/aromatic N) is 1. The van der Waals surface area contributed by atoms with Gasteiger partial charge in [0.25, 0.3) is 0 Å². The minimum absolute atomic E-state index is 0.288. The summed E-state index contributed by atoms with van der Waals surface area (Å²) in [6.45, 7) is 3.99. The maximum atomic E-state index is 4.89. The zero-order valence-corrected chi connectivity index (χ0v) is 7.18. The first-order chi connectivity index (χ1) is 4.20. The van der Waals surface area contributed by atoms with Gasteiger partial charge in [0.15, 0.2) is 0 Å². The van der Waals surface area contributed by atoms with Crippen molar-refractivity contribution in [2.24, 2.45) is 4.74 Å². The van der Waals surface area contributed by atoms with Gasteiger partial charge in [0.05, 0.1) is 20.3 Å². The van der Waals surface area contributed by atoms with E-state index in [4.69, 9.17) is 9.05 Å². The molecule has 0 aromatic carbocycles. The fraction of sp³-hybridized carbons (Fsp3) is 1.00. The van der Waals surface area contributed by atoms with Crippen LogP contribution in [-0.4, -0.2) is 20.3 Å². The van der Waals surface area contributed by atoms with Crippen LogP contribution in [0.25, 0.3) is 0 Å². The Balaban J connectivity index is 3.75. The van der Waals surface area contributed by atoms with Crippen LogP contribution in [0.5, 0.6) is 0 Å². The molecule has 0 aliphatic carbocycles. The maximum Gasteiger partial charge on any atom is 0.559 e. The molecule has 54 valence electrons. The standard InChI is InChI=1S/C5H13NO2P/c1-5(2)6-9(7-3)8-4/h5H,1-4H3/q+1. The molecule has 0 amide bonds. The van der Waals surface area contributed by atoms with Crippen molar-refractivity contribution in [1.29, 1.82) is 0 Å². The van der Waals surface area contributed by atoms with Gasteiger partial charge in [0, 0.05) is 0 Å². The van der Waals surface area contributed by atoms with E-state index in [1.807, 2.05) is 13.8 Å². The fourth-order valence-electron chi connectivity index (χ4n) is 0.357. The monoisotopic (exact) mass is 150 g/mol. The van der Waals surface area contributed by atoms with Crippen LogP contribution in [0.2, 0.25) is 0 Å². The van der Waals surface area contributed by atoms with Crippen molar-refractivity contribution in [2.45, 2.75) is 19.9 Å². The minimum Gasteiger partial charge on any atom is -0.138 e. The Kier molecular flexibility index (Phi) is 4.87. The van der Waals surface area contributed by atoms with Crippen molar-refractivity contribution >= 4 is 8.17 Å². The van der Waals surface area contributed by atoms with Gasteiger partial charge in [-0.25, -0.2) is 0 Å². The lowest BCUT2D eigenvalue weighted by Crippen LogP contribution is -1.85. The lowest BCUT2D eigenvalue weighted by Gasteiger charge is -1.86. The maximum absolute atomic E-state index is 4.89. The summed E-state index contributed by atoms with van der Waals surface area (Å²) < 4.78 is 13.9. The lowest BCUT2D eigenvalue weighted by atomic mass is 10.4. The number of hydrogen-bond donors (Lipinski definition) is 0. The van der Waals surface area contributed by atoms with Crippen LogP contribution in [-0.2, 0) is 9.05 Å². The Hall–Kier alpha value is 0.0200. The molecule has 0 bridgehead atoms. The van der Waals surface area contributed by atoms with Gasteiger partial charge in [0.2, 0.25) is 0 Å². The second-order valence-electron chi connectivity index (χ2n) is 1.81. The highest BCUT2D eigenvalue weighted by molar-refractivity contribution is 7.36. The molecule has 0 fully saturated rings. The lowest BCUT2D eigenvalue weighted by molar-refractivity contribution is 0.348. The Morgan fingerprint density at radius 1 is 1.22 bits per heavy atom. The molecule has 0 N–H and O–H groups in total. The molecule has 0 unspecified atom stereocenters. The molecule has 0 atom stereocenters. The highest BCUT2D eigenvalue weighted by Crippen LogP contribution is 2.26. The Morgan fingerprint density at radius 2 is 1.67 bits per heavy atom. The molecule has 0 aliphatic rings. The predicted octanol–water partition coefficient (Wildman–Crippen LogP) is 2.18. The van der Waals surface area contributed by atoms with E-state index in [0.717, 1.165) is 0 Å². The summed E-state index contributed by atoms with van der Waals surface area (Å²) >= 11 is 0. The van der Waals surface area contributed by atoms with E-state index in [2.05, 4.69) is 4.74 Å². The highest BCUT2D eigenvalue weighted by atomic mass is 31.1. The van der Waals surface area contributed by atoms with Crippen LogP contribution in [0.15, 0.2) is 4.74 Å². The molecule has 0 aromatic rings. The third kappa shape index (κ3) is 4.52. The van der Waals surface area contributed by atoms with Gasteiger partial charge in [0.1, 0.15) is 0 Å². The van der Waals surface area contributed by atoms with E-state index < -0.39 is 8.17 Å². The van der Waals surface area contributed by atoms with Gasteiger partial charge in [-0.3, -0.25) is 0 Å². The summed E-state index contributed by atoms with van der Waals surface area (Å²) in [5.74, 6) is 0. The topological polar surface area (TPSA) is 30.8 Å². The Labute approximate surface area is 57.0 Å². The summed E-state index contributed by atoms with van der Waals surface area (Å²) in [6.07, 6.45) is 0. The molecule has 0 saturated carbocycles. The molecule has 0 radical (unpaired) electrons. The van der Waals surface area contributed by atoms with Gasteiger partial charge in [-0.15, -0.1) is 9.05 Å². The smallest absolute Gasteiger partial charge is 0.138 e. The van der Waals surface area contributed by atoms with Crippen LogP contribution >= 0.6 is 8.17 Å². The van der Waals surface area contributed by atoms with E-state index in [0.29, 0.717) is 0 Å². The van der Waals surface area contributed by atoms with E-state index in [-0.39, 0.29) is 6.04 Å². The first-order valence-electron chi connectivity index (χ1n) is 2.79. The molecular formula is C5H13NO2P+. The Morgan fingerprint density at radius 3 is 1.78 bits per heavy atom. The van der Waals surface area contributed by atoms with Crippen molar-refractivity contribution < 1.29 is 9.05 Å². The third-order valence-electron chi connectivity index (χ3n) is 0.638. The molecule has 4 heteroatoms. The van der Waals surface area contributed by atoms with Crippen LogP contribution in [0.1, 0.15) is 13.8 Å². The quantitative estimate of drug-likeness (QED) is 0.577. The van der Waals surface area contributed by atoms with Crippen LogP contribution in [0.3, 0.4) is 0 Å². The number of rotatable bonds is 3. The highest BCUT2D eigenvalue weighted by Gasteiger charge is 2.11. The average Bonchev–Trinajstić information content (AvgIpc) is 1.82. The van der Waals surface area contributed by atoms with Gasteiger partial charge in [-0.05, 0) is 18.6 Å². The fourth-order valence-corrected chi connectivity index (χ4v) is 1.07. The largest absolute Gasteiger partial charge is 0.559 e. The molecular weight excluding hydrogens is 137 g/mol. The summed E-state index contributed by atoms with van der Waals surface area (Å²) in [5, 5.41) is 0. The molecule has 0 heterocycles. The molecule has 0 spiro atoms. The Bertz CT molecular complexity index is 97.1. The SMILES string of the molecule is CO[P+](=NC(C)C)OC. The van der Waals surface area contributed by atoms with E-state index in [9.17, 15) is 0 Å². The molecule has 0 aromatic heterocycles. The van der Waals surface area contributed by atoms with Gasteiger partial charge in [-0.1, -0.05) is 0 Å². The second kappa shape index (κ2) is 4.86. The van der Waals surface area contributed by atoms with Crippen LogP contribution in [0, 0.1) is 0 Å². The molecule has 0 aliphatic heterocycles.